The van der Waals surface area contributed by atoms with Crippen molar-refractivity contribution in [1.29, 1.82) is 0 Å². The quantitative estimate of drug-likeness (QED) is 0.832. The van der Waals surface area contributed by atoms with Crippen molar-refractivity contribution >= 4 is 11.6 Å². The van der Waals surface area contributed by atoms with Crippen LogP contribution in [0, 0.1) is 0 Å². The number of hydrogen-bond donors (Lipinski definition) is 1. The minimum atomic E-state index is -2.87. The van der Waals surface area contributed by atoms with Gasteiger partial charge < -0.3 is 9.84 Å². The lowest BCUT2D eigenvalue weighted by Crippen LogP contribution is -2.29. The standard InChI is InChI=1S/C15H20ClF2NO2/c16-13-9-11(5-6-14(13)21-15(17)18)10-19-7-1-3-12(19)4-2-8-20/h5-6,9,12,15,20H,1-4,7-8,10H2. The van der Waals surface area contributed by atoms with E-state index >= 15 is 0 Å². The second-order valence-corrected chi connectivity index (χ2v) is 5.68. The predicted molar refractivity (Wildman–Crippen MR) is 77.8 cm³/mol. The number of aliphatic hydroxyl groups is 1. The van der Waals surface area contributed by atoms with Crippen molar-refractivity contribution in [1.82, 2.24) is 4.90 Å². The van der Waals surface area contributed by atoms with E-state index in [2.05, 4.69) is 9.64 Å². The molecule has 118 valence electrons. The van der Waals surface area contributed by atoms with E-state index < -0.39 is 6.61 Å². The molecule has 1 aliphatic rings. The molecule has 21 heavy (non-hydrogen) atoms. The number of halogens is 3. The average molecular weight is 320 g/mol. The molecule has 1 atom stereocenters. The first-order chi connectivity index (χ1) is 10.1. The average Bonchev–Trinajstić information content (AvgIpc) is 2.86. The van der Waals surface area contributed by atoms with Crippen molar-refractivity contribution in [3.05, 3.63) is 28.8 Å². The third-order valence-electron chi connectivity index (χ3n) is 3.79. The molecule has 1 heterocycles. The summed E-state index contributed by atoms with van der Waals surface area (Å²) in [5.41, 5.74) is 0.984. The molecule has 1 saturated heterocycles. The molecule has 0 saturated carbocycles. The van der Waals surface area contributed by atoms with Gasteiger partial charge in [-0.25, -0.2) is 0 Å². The molecule has 0 bridgehead atoms. The van der Waals surface area contributed by atoms with E-state index in [0.29, 0.717) is 6.04 Å². The highest BCUT2D eigenvalue weighted by Gasteiger charge is 2.24. The summed E-state index contributed by atoms with van der Waals surface area (Å²) in [6, 6.07) is 5.42. The van der Waals surface area contributed by atoms with E-state index in [0.717, 1.165) is 44.3 Å². The lowest BCUT2D eigenvalue weighted by molar-refractivity contribution is -0.0498. The van der Waals surface area contributed by atoms with E-state index in [4.69, 9.17) is 16.7 Å². The zero-order valence-electron chi connectivity index (χ0n) is 11.8. The smallest absolute Gasteiger partial charge is 0.387 e. The SMILES string of the molecule is OCCCC1CCCN1Cc1ccc(OC(F)F)c(Cl)c1. The Kier molecular flexibility index (Phi) is 6.21. The van der Waals surface area contributed by atoms with Crippen LogP contribution in [0.1, 0.15) is 31.2 Å². The summed E-state index contributed by atoms with van der Waals surface area (Å²) in [5, 5.41) is 9.14. The van der Waals surface area contributed by atoms with Crippen molar-refractivity contribution in [2.45, 2.75) is 44.9 Å². The fraction of sp³-hybridized carbons (Fsp3) is 0.600. The summed E-state index contributed by atoms with van der Waals surface area (Å²) in [6.45, 7) is -0.890. The predicted octanol–water partition coefficient (Wildman–Crippen LogP) is 3.68. The van der Waals surface area contributed by atoms with Gasteiger partial charge in [-0.3, -0.25) is 4.90 Å². The van der Waals surface area contributed by atoms with Gasteiger partial charge in [-0.1, -0.05) is 17.7 Å². The molecule has 1 aromatic carbocycles. The first kappa shape index (κ1) is 16.5. The molecule has 3 nitrogen and oxygen atoms in total. The van der Waals surface area contributed by atoms with E-state index in [1.807, 2.05) is 0 Å². The molecule has 1 N–H and O–H groups in total. The molecule has 0 aromatic heterocycles. The Balaban J connectivity index is 1.97. The van der Waals surface area contributed by atoms with E-state index in [9.17, 15) is 8.78 Å². The van der Waals surface area contributed by atoms with Gasteiger partial charge in [-0.2, -0.15) is 8.78 Å². The van der Waals surface area contributed by atoms with Gasteiger partial charge in [0.05, 0.1) is 5.02 Å². The van der Waals surface area contributed by atoms with Crippen molar-refractivity contribution < 1.29 is 18.6 Å². The minimum Gasteiger partial charge on any atom is -0.433 e. The van der Waals surface area contributed by atoms with Crippen LogP contribution in [0.25, 0.3) is 0 Å². The number of rotatable bonds is 7. The third-order valence-corrected chi connectivity index (χ3v) is 4.09. The lowest BCUT2D eigenvalue weighted by Gasteiger charge is -2.24. The van der Waals surface area contributed by atoms with Gasteiger partial charge in [-0.05, 0) is 49.9 Å². The van der Waals surface area contributed by atoms with Crippen LogP contribution in [0.4, 0.5) is 8.78 Å². The molecule has 1 aromatic rings. The van der Waals surface area contributed by atoms with Gasteiger partial charge in [0.25, 0.3) is 0 Å². The molecule has 1 fully saturated rings. The number of ether oxygens (including phenoxy) is 1. The first-order valence-electron chi connectivity index (χ1n) is 7.18. The van der Waals surface area contributed by atoms with Crippen molar-refractivity contribution in [2.24, 2.45) is 0 Å². The number of nitrogens with zero attached hydrogens (tertiary/aromatic N) is 1. The van der Waals surface area contributed by atoms with Crippen LogP contribution in [-0.4, -0.2) is 35.8 Å². The summed E-state index contributed by atoms with van der Waals surface area (Å²) in [6.07, 6.45) is 4.08. The summed E-state index contributed by atoms with van der Waals surface area (Å²) in [4.78, 5) is 2.36. The highest BCUT2D eigenvalue weighted by molar-refractivity contribution is 6.32. The van der Waals surface area contributed by atoms with Crippen LogP contribution in [0.3, 0.4) is 0 Å². The summed E-state index contributed by atoms with van der Waals surface area (Å²) in [5.74, 6) is 0.00803. The Morgan fingerprint density at radius 3 is 2.90 bits per heavy atom. The molecule has 0 amide bonds. The van der Waals surface area contributed by atoms with Crippen molar-refractivity contribution in [3.8, 4) is 5.75 Å². The Labute approximate surface area is 128 Å². The van der Waals surface area contributed by atoms with E-state index in [-0.39, 0.29) is 17.4 Å². The van der Waals surface area contributed by atoms with Crippen LogP contribution < -0.4 is 4.74 Å². The second kappa shape index (κ2) is 7.92. The van der Waals surface area contributed by atoms with Crippen LogP contribution in [0.2, 0.25) is 5.02 Å². The van der Waals surface area contributed by atoms with Crippen LogP contribution in [0.5, 0.6) is 5.75 Å². The lowest BCUT2D eigenvalue weighted by atomic mass is 10.1. The largest absolute Gasteiger partial charge is 0.433 e. The van der Waals surface area contributed by atoms with Gasteiger partial charge in [0.2, 0.25) is 0 Å². The van der Waals surface area contributed by atoms with Crippen LogP contribution in [-0.2, 0) is 6.54 Å². The maximum atomic E-state index is 12.2. The molecule has 0 spiro atoms. The molecule has 0 radical (unpaired) electrons. The van der Waals surface area contributed by atoms with Gasteiger partial charge in [0.1, 0.15) is 5.75 Å². The highest BCUT2D eigenvalue weighted by atomic mass is 35.5. The maximum Gasteiger partial charge on any atom is 0.387 e. The Morgan fingerprint density at radius 2 is 2.24 bits per heavy atom. The Morgan fingerprint density at radius 1 is 1.43 bits per heavy atom. The molecule has 0 aliphatic carbocycles. The zero-order valence-corrected chi connectivity index (χ0v) is 12.5. The van der Waals surface area contributed by atoms with Crippen LogP contribution in [0.15, 0.2) is 18.2 Å². The number of alkyl halides is 2. The molecule has 2 rings (SSSR count). The minimum absolute atomic E-state index is 0.00803. The van der Waals surface area contributed by atoms with Crippen LogP contribution >= 0.6 is 11.6 Å². The van der Waals surface area contributed by atoms with Gasteiger partial charge in [0, 0.05) is 19.2 Å². The number of benzene rings is 1. The normalized spacial score (nSPS) is 19.4. The monoisotopic (exact) mass is 319 g/mol. The number of hydrogen-bond acceptors (Lipinski definition) is 3. The van der Waals surface area contributed by atoms with Gasteiger partial charge in [0.15, 0.2) is 0 Å². The summed E-state index contributed by atoms with van der Waals surface area (Å²) < 4.78 is 28.7. The fourth-order valence-corrected chi connectivity index (χ4v) is 3.07. The number of aliphatic hydroxyl groups excluding tert-OH is 1. The van der Waals surface area contributed by atoms with E-state index in [1.165, 1.54) is 6.07 Å². The molecular weight excluding hydrogens is 300 g/mol. The Bertz CT molecular complexity index is 459. The van der Waals surface area contributed by atoms with Gasteiger partial charge >= 0.3 is 6.61 Å². The van der Waals surface area contributed by atoms with E-state index in [1.54, 1.807) is 12.1 Å². The molecule has 1 aliphatic heterocycles. The molecular formula is C15H20ClF2NO2. The number of likely N-dealkylation sites (tertiary alicyclic amines) is 1. The fourth-order valence-electron chi connectivity index (χ4n) is 2.83. The highest BCUT2D eigenvalue weighted by Crippen LogP contribution is 2.29. The zero-order chi connectivity index (χ0) is 15.2. The molecule has 1 unspecified atom stereocenters. The second-order valence-electron chi connectivity index (χ2n) is 5.28. The third kappa shape index (κ3) is 4.80. The van der Waals surface area contributed by atoms with Gasteiger partial charge in [-0.15, -0.1) is 0 Å². The van der Waals surface area contributed by atoms with Crippen molar-refractivity contribution in [2.75, 3.05) is 13.2 Å². The van der Waals surface area contributed by atoms with Crippen molar-refractivity contribution in [3.63, 3.8) is 0 Å². The summed E-state index contributed by atoms with van der Waals surface area (Å²) >= 11 is 5.97. The Hall–Kier alpha value is -0.910. The summed E-state index contributed by atoms with van der Waals surface area (Å²) in [7, 11) is 0. The first-order valence-corrected chi connectivity index (χ1v) is 7.56. The topological polar surface area (TPSA) is 32.7 Å². The molecule has 6 heteroatoms. The maximum absolute atomic E-state index is 12.2.